The van der Waals surface area contributed by atoms with Gasteiger partial charge in [0.25, 0.3) is 5.91 Å². The fourth-order valence-electron chi connectivity index (χ4n) is 1.79. The molecule has 1 unspecified atom stereocenters. The van der Waals surface area contributed by atoms with Crippen molar-refractivity contribution >= 4 is 5.91 Å². The summed E-state index contributed by atoms with van der Waals surface area (Å²) in [5.41, 5.74) is 5.45. The van der Waals surface area contributed by atoms with Crippen molar-refractivity contribution in [1.29, 1.82) is 0 Å². The maximum absolute atomic E-state index is 13.8. The minimum atomic E-state index is -3.51. The summed E-state index contributed by atoms with van der Waals surface area (Å²) in [6.07, 6.45) is 2.04. The molecule has 1 aliphatic rings. The Morgan fingerprint density at radius 2 is 2.00 bits per heavy atom. The number of nitrogens with one attached hydrogen (secondary N) is 1. The lowest BCUT2D eigenvalue weighted by molar-refractivity contribution is -0.147. The molecule has 98 valence electrons. The molecule has 1 aliphatic carbocycles. The maximum atomic E-state index is 13.8. The Morgan fingerprint density at radius 3 is 2.56 bits per heavy atom. The number of carbonyl (C=O) groups excluding carboxylic acids is 1. The molecular formula is C13H16F2N2O. The maximum Gasteiger partial charge on any atom is 0.349 e. The van der Waals surface area contributed by atoms with Crippen LogP contribution in [0.2, 0.25) is 0 Å². The molecule has 0 radical (unpaired) electrons. The van der Waals surface area contributed by atoms with Crippen molar-refractivity contribution in [1.82, 2.24) is 5.32 Å². The first kappa shape index (κ1) is 13.0. The molecule has 18 heavy (non-hydrogen) atoms. The number of carbonyl (C=O) groups is 1. The zero-order valence-corrected chi connectivity index (χ0v) is 9.90. The van der Waals surface area contributed by atoms with Gasteiger partial charge < -0.3 is 11.1 Å². The molecule has 1 fully saturated rings. The third kappa shape index (κ3) is 2.85. The summed E-state index contributed by atoms with van der Waals surface area (Å²) in [4.78, 5) is 11.5. The Bertz CT molecular complexity index is 418. The highest BCUT2D eigenvalue weighted by molar-refractivity contribution is 5.84. The predicted octanol–water partition coefficient (Wildman–Crippen LogP) is 1.63. The van der Waals surface area contributed by atoms with Crippen LogP contribution >= 0.6 is 0 Å². The van der Waals surface area contributed by atoms with Crippen molar-refractivity contribution in [2.75, 3.05) is 6.54 Å². The van der Waals surface area contributed by atoms with Gasteiger partial charge in [-0.15, -0.1) is 0 Å². The van der Waals surface area contributed by atoms with Crippen molar-refractivity contribution < 1.29 is 13.6 Å². The smallest absolute Gasteiger partial charge is 0.349 e. The van der Waals surface area contributed by atoms with Gasteiger partial charge in [-0.25, -0.2) is 0 Å². The summed E-state index contributed by atoms with van der Waals surface area (Å²) in [6, 6.07) is 6.83. The average molecular weight is 254 g/mol. The van der Waals surface area contributed by atoms with E-state index in [9.17, 15) is 13.6 Å². The van der Waals surface area contributed by atoms with Crippen LogP contribution in [0.5, 0.6) is 0 Å². The Balaban J connectivity index is 1.94. The number of hydrogen-bond donors (Lipinski definition) is 2. The first-order chi connectivity index (χ1) is 8.51. The quantitative estimate of drug-likeness (QED) is 0.839. The van der Waals surface area contributed by atoms with Crippen molar-refractivity contribution in [3.05, 3.63) is 35.9 Å². The standard InChI is InChI=1S/C13H16F2N2O/c14-13(15,10-4-2-1-3-5-10)12(18)17-8-11(16)9-6-7-9/h1-5,9,11H,6-8,16H2,(H,17,18). The second kappa shape index (κ2) is 5.02. The molecule has 0 bridgehead atoms. The van der Waals surface area contributed by atoms with Gasteiger partial charge in [-0.05, 0) is 18.8 Å². The number of amides is 1. The van der Waals surface area contributed by atoms with Gasteiger partial charge >= 0.3 is 5.92 Å². The van der Waals surface area contributed by atoms with Gasteiger partial charge in [0.2, 0.25) is 0 Å². The van der Waals surface area contributed by atoms with Crippen molar-refractivity contribution in [3.8, 4) is 0 Å². The van der Waals surface area contributed by atoms with Crippen molar-refractivity contribution in [2.24, 2.45) is 11.7 Å². The van der Waals surface area contributed by atoms with Crippen LogP contribution in [0, 0.1) is 5.92 Å². The van der Waals surface area contributed by atoms with E-state index in [0.717, 1.165) is 12.8 Å². The van der Waals surface area contributed by atoms with Gasteiger partial charge in [0.15, 0.2) is 0 Å². The van der Waals surface area contributed by atoms with E-state index in [4.69, 9.17) is 5.73 Å². The Morgan fingerprint density at radius 1 is 1.39 bits per heavy atom. The van der Waals surface area contributed by atoms with E-state index < -0.39 is 11.8 Å². The topological polar surface area (TPSA) is 55.1 Å². The lowest BCUT2D eigenvalue weighted by Gasteiger charge is -2.18. The molecule has 5 heteroatoms. The van der Waals surface area contributed by atoms with Crippen LogP contribution in [-0.2, 0) is 10.7 Å². The molecule has 3 nitrogen and oxygen atoms in total. The van der Waals surface area contributed by atoms with E-state index in [1.807, 2.05) is 0 Å². The molecule has 1 atom stereocenters. The van der Waals surface area contributed by atoms with E-state index in [2.05, 4.69) is 5.32 Å². The summed E-state index contributed by atoms with van der Waals surface area (Å²) in [5, 5.41) is 2.23. The van der Waals surface area contributed by atoms with Gasteiger partial charge in [-0.2, -0.15) is 8.78 Å². The molecule has 0 aromatic heterocycles. The van der Waals surface area contributed by atoms with Crippen molar-refractivity contribution in [3.63, 3.8) is 0 Å². The third-order valence-corrected chi connectivity index (χ3v) is 3.15. The minimum Gasteiger partial charge on any atom is -0.349 e. The summed E-state index contributed by atoms with van der Waals surface area (Å²) in [7, 11) is 0. The zero-order chi connectivity index (χ0) is 13.2. The van der Waals surface area contributed by atoms with E-state index >= 15 is 0 Å². The fourth-order valence-corrected chi connectivity index (χ4v) is 1.79. The van der Waals surface area contributed by atoms with Crippen LogP contribution in [0.4, 0.5) is 8.78 Å². The first-order valence-electron chi connectivity index (χ1n) is 5.99. The Kier molecular flexibility index (Phi) is 3.61. The van der Waals surface area contributed by atoms with Gasteiger partial charge in [0.05, 0.1) is 0 Å². The average Bonchev–Trinajstić information content (AvgIpc) is 3.20. The number of rotatable bonds is 5. The van der Waals surface area contributed by atoms with E-state index in [0.29, 0.717) is 5.92 Å². The lowest BCUT2D eigenvalue weighted by Crippen LogP contribution is -2.44. The van der Waals surface area contributed by atoms with Crippen LogP contribution in [-0.4, -0.2) is 18.5 Å². The van der Waals surface area contributed by atoms with Crippen LogP contribution in [0.15, 0.2) is 30.3 Å². The van der Waals surface area contributed by atoms with E-state index in [1.54, 1.807) is 6.07 Å². The van der Waals surface area contributed by atoms with Gasteiger partial charge in [0.1, 0.15) is 0 Å². The van der Waals surface area contributed by atoms with Crippen LogP contribution in [0.25, 0.3) is 0 Å². The van der Waals surface area contributed by atoms with Crippen molar-refractivity contribution in [2.45, 2.75) is 24.8 Å². The summed E-state index contributed by atoms with van der Waals surface area (Å²) in [6.45, 7) is 0.103. The second-order valence-corrected chi connectivity index (χ2v) is 4.65. The lowest BCUT2D eigenvalue weighted by atomic mass is 10.1. The molecule has 3 N–H and O–H groups in total. The third-order valence-electron chi connectivity index (χ3n) is 3.15. The molecule has 1 amide bonds. The fraction of sp³-hybridized carbons (Fsp3) is 0.462. The molecule has 1 aromatic rings. The summed E-state index contributed by atoms with van der Waals surface area (Å²) < 4.78 is 27.5. The number of hydrogen-bond acceptors (Lipinski definition) is 2. The number of benzene rings is 1. The van der Waals surface area contributed by atoms with E-state index in [1.165, 1.54) is 24.3 Å². The largest absolute Gasteiger partial charge is 0.349 e. The molecule has 1 aromatic carbocycles. The number of nitrogens with two attached hydrogens (primary N) is 1. The predicted molar refractivity (Wildman–Crippen MR) is 64.0 cm³/mol. The molecule has 1 saturated carbocycles. The molecular weight excluding hydrogens is 238 g/mol. The van der Waals surface area contributed by atoms with Crippen LogP contribution in [0.3, 0.4) is 0 Å². The summed E-state index contributed by atoms with van der Waals surface area (Å²) >= 11 is 0. The normalized spacial score (nSPS) is 17.3. The second-order valence-electron chi connectivity index (χ2n) is 4.65. The Labute approximate surface area is 104 Å². The molecule has 2 rings (SSSR count). The summed E-state index contributed by atoms with van der Waals surface area (Å²) in [5.74, 6) is -4.43. The number of alkyl halides is 2. The molecule has 0 saturated heterocycles. The molecule has 0 aliphatic heterocycles. The monoisotopic (exact) mass is 254 g/mol. The molecule has 0 heterocycles. The Hall–Kier alpha value is -1.49. The van der Waals surface area contributed by atoms with Crippen LogP contribution < -0.4 is 11.1 Å². The van der Waals surface area contributed by atoms with E-state index in [-0.39, 0.29) is 18.2 Å². The van der Waals surface area contributed by atoms with Gasteiger partial charge in [-0.1, -0.05) is 30.3 Å². The highest BCUT2D eigenvalue weighted by Gasteiger charge is 2.41. The highest BCUT2D eigenvalue weighted by Crippen LogP contribution is 2.31. The van der Waals surface area contributed by atoms with Gasteiger partial charge in [0, 0.05) is 18.2 Å². The van der Waals surface area contributed by atoms with Gasteiger partial charge in [-0.3, -0.25) is 4.79 Å². The zero-order valence-electron chi connectivity index (χ0n) is 9.90. The molecule has 0 spiro atoms. The minimum absolute atomic E-state index is 0.103. The highest BCUT2D eigenvalue weighted by atomic mass is 19.3. The SMILES string of the molecule is NC(CNC(=O)C(F)(F)c1ccccc1)C1CC1. The van der Waals surface area contributed by atoms with Crippen LogP contribution in [0.1, 0.15) is 18.4 Å². The first-order valence-corrected chi connectivity index (χ1v) is 5.99. The number of halogens is 2.